The second-order valence-corrected chi connectivity index (χ2v) is 22.3. The van der Waals surface area contributed by atoms with Crippen LogP contribution in [-0.4, -0.2) is 208 Å². The highest BCUT2D eigenvalue weighted by Gasteiger charge is 2.37. The summed E-state index contributed by atoms with van der Waals surface area (Å²) in [5.74, 6) is -14.5. The van der Waals surface area contributed by atoms with E-state index in [1.807, 2.05) is 0 Å². The number of H-pyrrole nitrogens is 1. The topological polar surface area (TPSA) is 555 Å². The minimum atomic E-state index is -1.83. The minimum Gasteiger partial charge on any atom is -0.481 e. The van der Waals surface area contributed by atoms with Gasteiger partial charge in [0.15, 0.2) is 0 Å². The molecule has 3 aromatic rings. The lowest BCUT2D eigenvalue weighted by molar-refractivity contribution is -0.142. The standard InChI is InChI=1S/C59H90N16O17/c1-6-31(4)48(58(90)66-32(5)59(91)92)75-57(89)47(30(2)3)74-52(84)38(16-17-46(79)80)68-53(85)41(24-33-12-8-7-9-13-33)71-51(83)40(20-23-62)69-50(82)39(19-22-61)70-56(88)44(29-77)73-54(86)42(25-34-26-64-37-15-11-10-14-35(34)37)72-55(87)43(28-76)67-45(78)27-65-49(81)36(63)18-21-60/h7-15,26,30-32,36,38-44,47-48,64,76-77H,6,16-25,27-29,60-63H2,1-5H3,(H,65,81)(H,66,90)(H,67,78)(H,68,85)(H,69,82)(H,70,88)(H,71,83)(H,72,87)(H,73,86)(H,74,84)(H,75,89)(H,79,80)(H,91,92)/t31-,32-,36+,38-,39-,40+,41-,42+,43+,44-,47-,48+/m0/s1. The fraction of sp³-hybridized carbons (Fsp3) is 0.542. The number of aliphatic hydroxyl groups is 2. The second-order valence-electron chi connectivity index (χ2n) is 22.3. The summed E-state index contributed by atoms with van der Waals surface area (Å²) in [6, 6.07) is -1.27. The Kier molecular flexibility index (Phi) is 32.8. The van der Waals surface area contributed by atoms with Crippen LogP contribution in [0.15, 0.2) is 60.8 Å². The van der Waals surface area contributed by atoms with E-state index in [9.17, 15) is 82.8 Å². The van der Waals surface area contributed by atoms with Gasteiger partial charge >= 0.3 is 11.9 Å². The number of aromatic nitrogens is 1. The Balaban J connectivity index is 1.88. The van der Waals surface area contributed by atoms with Crippen molar-refractivity contribution in [2.45, 2.75) is 152 Å². The summed E-state index contributed by atoms with van der Waals surface area (Å²) in [5, 5.41) is 67.1. The zero-order valence-electron chi connectivity index (χ0n) is 52.1. The Hall–Kier alpha value is -9.15. The Morgan fingerprint density at radius 3 is 1.45 bits per heavy atom. The summed E-state index contributed by atoms with van der Waals surface area (Å²) < 4.78 is 0. The van der Waals surface area contributed by atoms with E-state index in [-0.39, 0.29) is 51.7 Å². The fourth-order valence-corrected chi connectivity index (χ4v) is 9.17. The van der Waals surface area contributed by atoms with Crippen LogP contribution < -0.4 is 81.4 Å². The molecule has 508 valence electrons. The highest BCUT2D eigenvalue weighted by atomic mass is 16.4. The fourth-order valence-electron chi connectivity index (χ4n) is 9.17. The lowest BCUT2D eigenvalue weighted by atomic mass is 9.96. The number of aromatic amines is 1. The Morgan fingerprint density at radius 1 is 0.489 bits per heavy atom. The average molecular weight is 1300 g/mol. The average Bonchev–Trinajstić information content (AvgIpc) is 1.66. The summed E-state index contributed by atoms with van der Waals surface area (Å²) in [7, 11) is 0. The first-order valence-electron chi connectivity index (χ1n) is 30.0. The van der Waals surface area contributed by atoms with E-state index in [4.69, 9.17) is 22.9 Å². The summed E-state index contributed by atoms with van der Waals surface area (Å²) in [6.45, 7) is 4.65. The van der Waals surface area contributed by atoms with Gasteiger partial charge in [0.25, 0.3) is 0 Å². The number of benzene rings is 2. The van der Waals surface area contributed by atoms with Gasteiger partial charge in [0.1, 0.15) is 60.4 Å². The first-order chi connectivity index (χ1) is 43.6. The third kappa shape index (κ3) is 24.9. The molecule has 0 aliphatic heterocycles. The number of rotatable bonds is 41. The highest BCUT2D eigenvalue weighted by molar-refractivity contribution is 6.00. The van der Waals surface area contributed by atoms with Crippen molar-refractivity contribution < 1.29 is 82.8 Å². The van der Waals surface area contributed by atoms with Crippen LogP contribution in [0.5, 0.6) is 0 Å². The number of carboxylic acids is 2. The Labute approximate surface area is 530 Å². The SMILES string of the molecule is CC[C@H](C)[C@@H](NC(=O)[C@@H](NC(=O)[C@H](CCC(=O)O)NC(=O)[C@H](Cc1ccccc1)NC(=O)[C@@H](CCN)NC(=O)[C@H](CCN)NC(=O)[C@H](CO)NC(=O)[C@@H](Cc1c[nH]c2ccccc12)NC(=O)[C@@H](CO)NC(=O)CNC(=O)[C@H](N)CCN)C(C)C)C(=O)N[C@@H](C)C(=O)O. The van der Waals surface area contributed by atoms with E-state index in [2.05, 4.69) is 63.5 Å². The number of nitrogens with two attached hydrogens (primary N) is 4. The molecule has 33 heteroatoms. The van der Waals surface area contributed by atoms with Gasteiger partial charge in [-0.3, -0.25) is 62.3 Å². The molecule has 2 aromatic carbocycles. The quantitative estimate of drug-likeness (QED) is 0.0251. The van der Waals surface area contributed by atoms with E-state index >= 15 is 0 Å². The maximum Gasteiger partial charge on any atom is 0.325 e. The second kappa shape index (κ2) is 39.2. The number of aliphatic hydroxyl groups excluding tert-OH is 2. The van der Waals surface area contributed by atoms with Crippen LogP contribution in [0.1, 0.15) is 84.3 Å². The molecule has 1 aromatic heterocycles. The highest BCUT2D eigenvalue weighted by Crippen LogP contribution is 2.20. The predicted molar refractivity (Wildman–Crippen MR) is 332 cm³/mol. The van der Waals surface area contributed by atoms with Crippen LogP contribution in [0.4, 0.5) is 0 Å². The Morgan fingerprint density at radius 2 is 0.935 bits per heavy atom. The van der Waals surface area contributed by atoms with Crippen molar-refractivity contribution in [2.75, 3.05) is 39.4 Å². The molecular weight excluding hydrogens is 1200 g/mol. The van der Waals surface area contributed by atoms with Crippen LogP contribution >= 0.6 is 0 Å². The van der Waals surface area contributed by atoms with Gasteiger partial charge in [-0.2, -0.15) is 0 Å². The van der Waals surface area contributed by atoms with Gasteiger partial charge in [-0.1, -0.05) is 82.6 Å². The molecule has 0 radical (unpaired) electrons. The molecule has 0 aliphatic rings. The molecule has 33 nitrogen and oxygen atoms in total. The van der Waals surface area contributed by atoms with E-state index in [0.717, 1.165) is 0 Å². The maximum atomic E-state index is 14.4. The van der Waals surface area contributed by atoms with Crippen molar-refractivity contribution in [2.24, 2.45) is 34.8 Å². The van der Waals surface area contributed by atoms with E-state index < -0.39 is 188 Å². The normalized spacial score (nSPS) is 15.1. The molecule has 0 fully saturated rings. The molecular formula is C59H90N16O17. The summed E-state index contributed by atoms with van der Waals surface area (Å²) >= 11 is 0. The van der Waals surface area contributed by atoms with Crippen molar-refractivity contribution in [1.82, 2.24) is 63.5 Å². The zero-order chi connectivity index (χ0) is 68.8. The zero-order valence-corrected chi connectivity index (χ0v) is 52.1. The van der Waals surface area contributed by atoms with Crippen LogP contribution in [0.3, 0.4) is 0 Å². The largest absolute Gasteiger partial charge is 0.481 e. The van der Waals surface area contributed by atoms with Crippen molar-refractivity contribution in [3.05, 3.63) is 71.9 Å². The molecule has 12 atom stereocenters. The molecule has 3 rings (SSSR count). The van der Waals surface area contributed by atoms with Crippen molar-refractivity contribution >= 4 is 87.8 Å². The molecule has 24 N–H and O–H groups in total. The van der Waals surface area contributed by atoms with Crippen LogP contribution in [0.25, 0.3) is 10.9 Å². The van der Waals surface area contributed by atoms with Crippen molar-refractivity contribution in [3.8, 4) is 0 Å². The molecule has 0 aliphatic carbocycles. The van der Waals surface area contributed by atoms with E-state index in [1.54, 1.807) is 88.5 Å². The number of carbonyl (C=O) groups excluding carboxylic acids is 11. The maximum absolute atomic E-state index is 14.4. The lowest BCUT2D eigenvalue weighted by Gasteiger charge is -2.30. The number of hydrogen-bond acceptors (Lipinski definition) is 19. The number of fused-ring (bicyclic) bond motifs is 1. The minimum absolute atomic E-state index is 0.0949. The third-order valence-corrected chi connectivity index (χ3v) is 14.8. The lowest BCUT2D eigenvalue weighted by Crippen LogP contribution is -2.62. The number of carbonyl (C=O) groups is 13. The molecule has 92 heavy (non-hydrogen) atoms. The number of amides is 11. The number of aliphatic carboxylic acids is 2. The van der Waals surface area contributed by atoms with Gasteiger partial charge in [0, 0.05) is 36.4 Å². The molecule has 0 saturated carbocycles. The summed E-state index contributed by atoms with van der Waals surface area (Å²) in [4.78, 5) is 177. The number of para-hydroxylation sites is 1. The predicted octanol–water partition coefficient (Wildman–Crippen LogP) is -6.05. The van der Waals surface area contributed by atoms with Crippen LogP contribution in [-0.2, 0) is 75.2 Å². The Bertz CT molecular complexity index is 3000. The van der Waals surface area contributed by atoms with Gasteiger partial charge in [-0.15, -0.1) is 0 Å². The molecule has 0 spiro atoms. The first-order valence-corrected chi connectivity index (χ1v) is 30.0. The number of carboxylic acid groups (broad SMARTS) is 2. The number of nitrogens with one attached hydrogen (secondary N) is 12. The molecule has 0 saturated heterocycles. The van der Waals surface area contributed by atoms with Crippen LogP contribution in [0.2, 0.25) is 0 Å². The molecule has 1 heterocycles. The van der Waals surface area contributed by atoms with Crippen LogP contribution in [0, 0.1) is 11.8 Å². The monoisotopic (exact) mass is 1290 g/mol. The van der Waals surface area contributed by atoms with E-state index in [1.165, 1.54) is 6.92 Å². The van der Waals surface area contributed by atoms with Crippen molar-refractivity contribution in [3.63, 3.8) is 0 Å². The first kappa shape index (κ1) is 77.1. The van der Waals surface area contributed by atoms with Gasteiger partial charge in [-0.25, -0.2) is 0 Å². The van der Waals surface area contributed by atoms with Gasteiger partial charge in [-0.05, 0) is 81.3 Å². The van der Waals surface area contributed by atoms with Gasteiger partial charge in [0.05, 0.1) is 25.8 Å². The van der Waals surface area contributed by atoms with Gasteiger partial charge in [0.2, 0.25) is 65.0 Å². The van der Waals surface area contributed by atoms with E-state index in [0.29, 0.717) is 28.5 Å². The molecule has 11 amide bonds. The third-order valence-electron chi connectivity index (χ3n) is 14.8. The summed E-state index contributed by atoms with van der Waals surface area (Å²) in [6.07, 6.45) is -0.226. The smallest absolute Gasteiger partial charge is 0.325 e. The number of hydrogen-bond donors (Lipinski definition) is 20. The van der Waals surface area contributed by atoms with Gasteiger partial charge < -0.3 is 107 Å². The van der Waals surface area contributed by atoms with Crippen molar-refractivity contribution in [1.29, 1.82) is 0 Å². The molecule has 0 bridgehead atoms. The molecule has 0 unspecified atom stereocenters. The summed E-state index contributed by atoms with van der Waals surface area (Å²) in [5.41, 5.74) is 24.6.